The van der Waals surface area contributed by atoms with Gasteiger partial charge in [-0.2, -0.15) is 0 Å². The molecule has 2 N–H and O–H groups in total. The van der Waals surface area contributed by atoms with Gasteiger partial charge in [0, 0.05) is 24.4 Å². The second-order valence-corrected chi connectivity index (χ2v) is 7.71. The number of guanidine groups is 1. The highest BCUT2D eigenvalue weighted by atomic mass is 32.1. The van der Waals surface area contributed by atoms with Crippen molar-refractivity contribution in [3.05, 3.63) is 87.4 Å². The Kier molecular flexibility index (Phi) is 6.60. The lowest BCUT2D eigenvalue weighted by Crippen LogP contribution is -2.39. The van der Waals surface area contributed by atoms with Crippen LogP contribution in [0.4, 0.5) is 0 Å². The maximum Gasteiger partial charge on any atom is 0.191 e. The Morgan fingerprint density at radius 2 is 1.56 bits per heavy atom. The average molecular weight is 379 g/mol. The summed E-state index contributed by atoms with van der Waals surface area (Å²) in [7, 11) is 1.81. The average Bonchev–Trinajstić information content (AvgIpc) is 3.03. The number of benzene rings is 2. The molecule has 0 unspecified atom stereocenters. The van der Waals surface area contributed by atoms with Crippen molar-refractivity contribution >= 4 is 17.3 Å². The molecule has 4 nitrogen and oxygen atoms in total. The molecule has 27 heavy (non-hydrogen) atoms. The van der Waals surface area contributed by atoms with Crippen molar-refractivity contribution in [3.63, 3.8) is 0 Å². The molecule has 0 bridgehead atoms. The third-order valence-electron chi connectivity index (χ3n) is 4.52. The van der Waals surface area contributed by atoms with Crippen LogP contribution in [0, 0.1) is 13.8 Å². The molecule has 0 spiro atoms. The first kappa shape index (κ1) is 19.1. The van der Waals surface area contributed by atoms with Crippen LogP contribution in [0.3, 0.4) is 0 Å². The normalized spacial score (nSPS) is 11.6. The van der Waals surface area contributed by atoms with Crippen LogP contribution in [0.15, 0.2) is 65.7 Å². The van der Waals surface area contributed by atoms with Crippen LogP contribution in [-0.2, 0) is 6.54 Å². The lowest BCUT2D eigenvalue weighted by Gasteiger charge is -2.20. The van der Waals surface area contributed by atoms with Crippen molar-refractivity contribution < 1.29 is 0 Å². The van der Waals surface area contributed by atoms with Gasteiger partial charge in [-0.1, -0.05) is 60.7 Å². The molecule has 140 valence electrons. The zero-order valence-electron chi connectivity index (χ0n) is 16.1. The van der Waals surface area contributed by atoms with E-state index in [1.165, 1.54) is 16.0 Å². The van der Waals surface area contributed by atoms with E-state index in [0.717, 1.165) is 29.8 Å². The quantitative estimate of drug-likeness (QED) is 0.498. The van der Waals surface area contributed by atoms with E-state index in [0.29, 0.717) is 0 Å². The van der Waals surface area contributed by atoms with Gasteiger partial charge in [-0.05, 0) is 25.0 Å². The second kappa shape index (κ2) is 9.33. The Labute approximate surface area is 165 Å². The predicted molar refractivity (Wildman–Crippen MR) is 115 cm³/mol. The molecular weight excluding hydrogens is 352 g/mol. The molecule has 1 heterocycles. The summed E-state index contributed by atoms with van der Waals surface area (Å²) in [4.78, 5) is 10.1. The fourth-order valence-corrected chi connectivity index (χ4v) is 4.00. The van der Waals surface area contributed by atoms with Crippen LogP contribution in [0.5, 0.6) is 0 Å². The van der Waals surface area contributed by atoms with Gasteiger partial charge in [-0.3, -0.25) is 4.99 Å². The zero-order chi connectivity index (χ0) is 19.1. The van der Waals surface area contributed by atoms with Crippen molar-refractivity contribution in [3.8, 4) is 0 Å². The van der Waals surface area contributed by atoms with E-state index in [-0.39, 0.29) is 5.92 Å². The van der Waals surface area contributed by atoms with Crippen LogP contribution in [0.1, 0.15) is 32.6 Å². The van der Waals surface area contributed by atoms with Gasteiger partial charge in [0.1, 0.15) is 0 Å². The van der Waals surface area contributed by atoms with Gasteiger partial charge in [0.15, 0.2) is 5.96 Å². The monoisotopic (exact) mass is 378 g/mol. The molecule has 0 aliphatic carbocycles. The predicted octanol–water partition coefficient (Wildman–Crippen LogP) is 4.26. The standard InChI is InChI=1S/C22H26N4S/c1-16-21(27-17(2)26-16)15-25-22(23-3)24-14-20(18-10-6-4-7-11-18)19-12-8-5-9-13-19/h4-13,20H,14-15H2,1-3H3,(H2,23,24,25). The summed E-state index contributed by atoms with van der Waals surface area (Å²) in [5.74, 6) is 1.07. The Bertz CT molecular complexity index is 832. The zero-order valence-corrected chi connectivity index (χ0v) is 16.9. The lowest BCUT2D eigenvalue weighted by atomic mass is 9.91. The minimum absolute atomic E-state index is 0.262. The fraction of sp³-hybridized carbons (Fsp3) is 0.273. The Morgan fingerprint density at radius 3 is 2.04 bits per heavy atom. The number of nitrogens with one attached hydrogen (secondary N) is 2. The third kappa shape index (κ3) is 5.17. The first-order valence-electron chi connectivity index (χ1n) is 9.14. The number of aryl methyl sites for hydroxylation is 2. The van der Waals surface area contributed by atoms with Crippen LogP contribution >= 0.6 is 11.3 Å². The smallest absolute Gasteiger partial charge is 0.191 e. The number of hydrogen-bond acceptors (Lipinski definition) is 3. The van der Waals surface area contributed by atoms with E-state index in [4.69, 9.17) is 0 Å². The van der Waals surface area contributed by atoms with Crippen molar-refractivity contribution in [1.82, 2.24) is 15.6 Å². The molecule has 3 rings (SSSR count). The molecule has 0 aliphatic rings. The molecule has 0 aliphatic heterocycles. The molecule has 0 saturated carbocycles. The number of hydrogen-bond donors (Lipinski definition) is 2. The summed E-state index contributed by atoms with van der Waals surface area (Å²) >= 11 is 1.73. The van der Waals surface area contributed by atoms with Crippen molar-refractivity contribution in [1.29, 1.82) is 0 Å². The molecule has 0 fully saturated rings. The molecule has 1 aromatic heterocycles. The molecule has 0 atom stereocenters. The van der Waals surface area contributed by atoms with Gasteiger partial charge in [0.25, 0.3) is 0 Å². The summed E-state index contributed by atoms with van der Waals surface area (Å²) in [5.41, 5.74) is 3.67. The van der Waals surface area contributed by atoms with Crippen LogP contribution in [0.2, 0.25) is 0 Å². The van der Waals surface area contributed by atoms with Crippen molar-refractivity contribution in [2.75, 3.05) is 13.6 Å². The van der Waals surface area contributed by atoms with E-state index in [9.17, 15) is 0 Å². The minimum atomic E-state index is 0.262. The van der Waals surface area contributed by atoms with Gasteiger partial charge in [-0.25, -0.2) is 4.98 Å². The summed E-state index contributed by atoms with van der Waals surface area (Å²) in [6, 6.07) is 21.2. The van der Waals surface area contributed by atoms with E-state index in [2.05, 4.69) is 88.2 Å². The molecular formula is C22H26N4S. The largest absolute Gasteiger partial charge is 0.355 e. The van der Waals surface area contributed by atoms with E-state index in [1.807, 2.05) is 6.92 Å². The van der Waals surface area contributed by atoms with E-state index in [1.54, 1.807) is 18.4 Å². The highest BCUT2D eigenvalue weighted by molar-refractivity contribution is 7.11. The van der Waals surface area contributed by atoms with Gasteiger partial charge in [-0.15, -0.1) is 11.3 Å². The number of aliphatic imine (C=N–C) groups is 1. The summed E-state index contributed by atoms with van der Waals surface area (Å²) < 4.78 is 0. The van der Waals surface area contributed by atoms with E-state index < -0.39 is 0 Å². The van der Waals surface area contributed by atoms with Crippen LogP contribution in [0.25, 0.3) is 0 Å². The fourth-order valence-electron chi connectivity index (χ4n) is 3.12. The Hall–Kier alpha value is -2.66. The van der Waals surface area contributed by atoms with Crippen LogP contribution in [-0.4, -0.2) is 24.5 Å². The van der Waals surface area contributed by atoms with E-state index >= 15 is 0 Å². The number of thiazole rings is 1. The lowest BCUT2D eigenvalue weighted by molar-refractivity contribution is 0.729. The molecule has 2 aromatic carbocycles. The minimum Gasteiger partial charge on any atom is -0.355 e. The molecule has 0 amide bonds. The molecule has 0 saturated heterocycles. The number of nitrogens with zero attached hydrogens (tertiary/aromatic N) is 2. The summed E-state index contributed by atoms with van der Waals surface area (Å²) in [6.07, 6.45) is 0. The second-order valence-electron chi connectivity index (χ2n) is 6.42. The van der Waals surface area contributed by atoms with Gasteiger partial charge in [0.2, 0.25) is 0 Å². The third-order valence-corrected chi connectivity index (χ3v) is 5.59. The highest BCUT2D eigenvalue weighted by Crippen LogP contribution is 2.23. The van der Waals surface area contributed by atoms with Crippen LogP contribution < -0.4 is 10.6 Å². The van der Waals surface area contributed by atoms with Crippen molar-refractivity contribution in [2.45, 2.75) is 26.3 Å². The first-order chi connectivity index (χ1) is 13.2. The maximum atomic E-state index is 4.49. The summed E-state index contributed by atoms with van der Waals surface area (Å²) in [5, 5.41) is 7.99. The topological polar surface area (TPSA) is 49.3 Å². The Balaban J connectivity index is 1.67. The number of aromatic nitrogens is 1. The molecule has 0 radical (unpaired) electrons. The summed E-state index contributed by atoms with van der Waals surface area (Å²) in [6.45, 7) is 5.60. The maximum absolute atomic E-state index is 4.49. The molecule has 5 heteroatoms. The van der Waals surface area contributed by atoms with Gasteiger partial charge >= 0.3 is 0 Å². The Morgan fingerprint density at radius 1 is 0.963 bits per heavy atom. The SMILES string of the molecule is CN=C(NCc1sc(C)nc1C)NCC(c1ccccc1)c1ccccc1. The first-order valence-corrected chi connectivity index (χ1v) is 9.96. The van der Waals surface area contributed by atoms with Gasteiger partial charge in [0.05, 0.1) is 17.2 Å². The van der Waals surface area contributed by atoms with Gasteiger partial charge < -0.3 is 10.6 Å². The highest BCUT2D eigenvalue weighted by Gasteiger charge is 2.14. The number of rotatable bonds is 6. The van der Waals surface area contributed by atoms with Crippen molar-refractivity contribution in [2.24, 2.45) is 4.99 Å². The molecule has 3 aromatic rings.